The first-order valence-corrected chi connectivity index (χ1v) is 8.66. The molecule has 1 fully saturated rings. The van der Waals surface area contributed by atoms with Crippen LogP contribution in [0.15, 0.2) is 66.7 Å². The van der Waals surface area contributed by atoms with E-state index >= 15 is 0 Å². The number of carbonyl (C=O) groups is 1. The van der Waals surface area contributed by atoms with Gasteiger partial charge in [0.15, 0.2) is 0 Å². The highest BCUT2D eigenvalue weighted by molar-refractivity contribution is 5.77. The van der Waals surface area contributed by atoms with Gasteiger partial charge < -0.3 is 10.2 Å². The number of nitrogens with zero attached hydrogens (tertiary/aromatic N) is 1. The summed E-state index contributed by atoms with van der Waals surface area (Å²) in [4.78, 5) is 14.4. The predicted octanol–water partition coefficient (Wildman–Crippen LogP) is 4.04. The molecule has 122 valence electrons. The highest BCUT2D eigenvalue weighted by Gasteiger charge is 2.40. The molecule has 1 saturated carbocycles. The predicted molar refractivity (Wildman–Crippen MR) is 96.7 cm³/mol. The van der Waals surface area contributed by atoms with Crippen molar-refractivity contribution >= 4 is 11.6 Å². The molecule has 0 bridgehead atoms. The minimum atomic E-state index is 0.0711. The SMILES string of the molecule is O=C(NC1CC1c1ccccc1)N1CC=C(c2ccccc2)CC1. The Bertz CT molecular complexity index is 739. The van der Waals surface area contributed by atoms with E-state index in [0.717, 1.165) is 19.4 Å². The van der Waals surface area contributed by atoms with Crippen LogP contribution in [0.3, 0.4) is 0 Å². The van der Waals surface area contributed by atoms with Gasteiger partial charge in [-0.15, -0.1) is 0 Å². The summed E-state index contributed by atoms with van der Waals surface area (Å²) in [5.74, 6) is 0.482. The Hall–Kier alpha value is -2.55. The number of hydrogen-bond acceptors (Lipinski definition) is 1. The molecule has 2 aromatic rings. The summed E-state index contributed by atoms with van der Waals surface area (Å²) >= 11 is 0. The first-order chi connectivity index (χ1) is 11.8. The zero-order chi connectivity index (χ0) is 16.4. The van der Waals surface area contributed by atoms with Crippen molar-refractivity contribution < 1.29 is 4.79 Å². The summed E-state index contributed by atoms with van der Waals surface area (Å²) < 4.78 is 0. The smallest absolute Gasteiger partial charge is 0.317 e. The average molecular weight is 318 g/mol. The standard InChI is InChI=1S/C21H22N2O/c24-21(22-20-15-19(20)18-9-5-2-6-10-18)23-13-11-17(12-14-23)16-7-3-1-4-8-16/h1-11,19-20H,12-15H2,(H,22,24). The van der Waals surface area contributed by atoms with Crippen LogP contribution in [-0.2, 0) is 0 Å². The second-order valence-electron chi connectivity index (χ2n) is 6.60. The molecule has 1 aliphatic carbocycles. The fourth-order valence-corrected chi connectivity index (χ4v) is 3.44. The third-order valence-electron chi connectivity index (χ3n) is 4.97. The van der Waals surface area contributed by atoms with Crippen LogP contribution in [0.25, 0.3) is 5.57 Å². The van der Waals surface area contributed by atoms with E-state index in [1.165, 1.54) is 16.7 Å². The molecule has 1 heterocycles. The highest BCUT2D eigenvalue weighted by atomic mass is 16.2. The fourth-order valence-electron chi connectivity index (χ4n) is 3.44. The van der Waals surface area contributed by atoms with Gasteiger partial charge in [0.25, 0.3) is 0 Å². The van der Waals surface area contributed by atoms with Crippen molar-refractivity contribution in [3.05, 3.63) is 77.9 Å². The quantitative estimate of drug-likeness (QED) is 0.910. The number of amides is 2. The summed E-state index contributed by atoms with van der Waals surface area (Å²) in [5, 5.41) is 3.18. The Kier molecular flexibility index (Phi) is 4.08. The van der Waals surface area contributed by atoms with Gasteiger partial charge in [-0.05, 0) is 29.5 Å². The van der Waals surface area contributed by atoms with Gasteiger partial charge in [0, 0.05) is 25.0 Å². The van der Waals surface area contributed by atoms with Gasteiger partial charge in [-0.2, -0.15) is 0 Å². The maximum absolute atomic E-state index is 12.5. The zero-order valence-electron chi connectivity index (χ0n) is 13.7. The molecule has 24 heavy (non-hydrogen) atoms. The van der Waals surface area contributed by atoms with E-state index in [9.17, 15) is 4.79 Å². The zero-order valence-corrected chi connectivity index (χ0v) is 13.7. The molecule has 2 unspecified atom stereocenters. The maximum Gasteiger partial charge on any atom is 0.317 e. The van der Waals surface area contributed by atoms with E-state index in [-0.39, 0.29) is 6.03 Å². The molecule has 1 aliphatic heterocycles. The molecule has 0 radical (unpaired) electrons. The Labute approximate surface area is 143 Å². The fraction of sp³-hybridized carbons (Fsp3) is 0.286. The molecular formula is C21H22N2O. The summed E-state index contributed by atoms with van der Waals surface area (Å²) in [7, 11) is 0. The van der Waals surface area contributed by atoms with Crippen molar-refractivity contribution in [2.45, 2.75) is 24.8 Å². The topological polar surface area (TPSA) is 32.3 Å². The summed E-state index contributed by atoms with van der Waals surface area (Å²) in [5.41, 5.74) is 3.94. The number of nitrogens with one attached hydrogen (secondary N) is 1. The van der Waals surface area contributed by atoms with Gasteiger partial charge in [-0.3, -0.25) is 0 Å². The lowest BCUT2D eigenvalue weighted by molar-refractivity contribution is 0.202. The van der Waals surface area contributed by atoms with Crippen molar-refractivity contribution in [1.82, 2.24) is 10.2 Å². The van der Waals surface area contributed by atoms with Gasteiger partial charge in [0.05, 0.1) is 0 Å². The lowest BCUT2D eigenvalue weighted by Gasteiger charge is -2.27. The molecule has 0 saturated heterocycles. The Morgan fingerprint density at radius 2 is 1.71 bits per heavy atom. The molecular weight excluding hydrogens is 296 g/mol. The lowest BCUT2D eigenvalue weighted by atomic mass is 10.00. The maximum atomic E-state index is 12.5. The van der Waals surface area contributed by atoms with E-state index in [2.05, 4.69) is 59.9 Å². The van der Waals surface area contributed by atoms with E-state index in [0.29, 0.717) is 18.5 Å². The number of urea groups is 1. The lowest BCUT2D eigenvalue weighted by Crippen LogP contribution is -2.43. The van der Waals surface area contributed by atoms with Gasteiger partial charge in [0.1, 0.15) is 0 Å². The van der Waals surface area contributed by atoms with Crippen LogP contribution < -0.4 is 5.32 Å². The van der Waals surface area contributed by atoms with Crippen molar-refractivity contribution in [3.8, 4) is 0 Å². The summed E-state index contributed by atoms with van der Waals surface area (Å²) in [6, 6.07) is 21.2. The Morgan fingerprint density at radius 3 is 2.38 bits per heavy atom. The number of benzene rings is 2. The molecule has 3 nitrogen and oxygen atoms in total. The third kappa shape index (κ3) is 3.21. The molecule has 4 rings (SSSR count). The monoisotopic (exact) mass is 318 g/mol. The first-order valence-electron chi connectivity index (χ1n) is 8.66. The van der Waals surface area contributed by atoms with Crippen LogP contribution in [-0.4, -0.2) is 30.1 Å². The average Bonchev–Trinajstić information content (AvgIpc) is 3.42. The minimum Gasteiger partial charge on any atom is -0.335 e. The highest BCUT2D eigenvalue weighted by Crippen LogP contribution is 2.40. The van der Waals surface area contributed by atoms with Gasteiger partial charge in [-0.25, -0.2) is 4.79 Å². The van der Waals surface area contributed by atoms with Crippen LogP contribution in [0.1, 0.15) is 29.9 Å². The second kappa shape index (κ2) is 6.52. The van der Waals surface area contributed by atoms with Gasteiger partial charge in [-0.1, -0.05) is 66.7 Å². The molecule has 1 N–H and O–H groups in total. The van der Waals surface area contributed by atoms with Crippen LogP contribution >= 0.6 is 0 Å². The van der Waals surface area contributed by atoms with Crippen LogP contribution in [0.2, 0.25) is 0 Å². The Morgan fingerprint density at radius 1 is 1.00 bits per heavy atom. The van der Waals surface area contributed by atoms with Crippen LogP contribution in [0, 0.1) is 0 Å². The van der Waals surface area contributed by atoms with Crippen molar-refractivity contribution in [2.24, 2.45) is 0 Å². The molecule has 2 aliphatic rings. The van der Waals surface area contributed by atoms with Crippen molar-refractivity contribution in [2.75, 3.05) is 13.1 Å². The van der Waals surface area contributed by atoms with Gasteiger partial charge >= 0.3 is 6.03 Å². The molecule has 2 atom stereocenters. The van der Waals surface area contributed by atoms with E-state index in [4.69, 9.17) is 0 Å². The van der Waals surface area contributed by atoms with Gasteiger partial charge in [0.2, 0.25) is 0 Å². The molecule has 0 spiro atoms. The third-order valence-corrected chi connectivity index (χ3v) is 4.97. The number of carbonyl (C=O) groups excluding carboxylic acids is 1. The molecule has 0 aromatic heterocycles. The molecule has 2 aromatic carbocycles. The number of hydrogen-bond donors (Lipinski definition) is 1. The molecule has 2 amide bonds. The van der Waals surface area contributed by atoms with E-state index < -0.39 is 0 Å². The largest absolute Gasteiger partial charge is 0.335 e. The van der Waals surface area contributed by atoms with Crippen molar-refractivity contribution in [3.63, 3.8) is 0 Å². The minimum absolute atomic E-state index is 0.0711. The first kappa shape index (κ1) is 15.0. The normalized spacial score (nSPS) is 22.7. The van der Waals surface area contributed by atoms with Crippen LogP contribution in [0.4, 0.5) is 4.79 Å². The van der Waals surface area contributed by atoms with Crippen molar-refractivity contribution in [1.29, 1.82) is 0 Å². The van der Waals surface area contributed by atoms with E-state index in [1.54, 1.807) is 0 Å². The van der Waals surface area contributed by atoms with Crippen LogP contribution in [0.5, 0.6) is 0 Å². The summed E-state index contributed by atoms with van der Waals surface area (Å²) in [6.45, 7) is 1.48. The summed E-state index contributed by atoms with van der Waals surface area (Å²) in [6.07, 6.45) is 4.15. The number of rotatable bonds is 3. The molecule has 3 heteroatoms. The Balaban J connectivity index is 1.32. The van der Waals surface area contributed by atoms with E-state index in [1.807, 2.05) is 17.0 Å². The second-order valence-corrected chi connectivity index (χ2v) is 6.60.